The first-order chi connectivity index (χ1) is 12.7. The molecule has 0 fully saturated rings. The zero-order chi connectivity index (χ0) is 22.6. The molecule has 0 saturated carbocycles. The van der Waals surface area contributed by atoms with Gasteiger partial charge in [-0.1, -0.05) is 115 Å². The lowest BCUT2D eigenvalue weighted by Crippen LogP contribution is -2.21. The molecule has 0 N–H and O–H groups in total. The van der Waals surface area contributed by atoms with Crippen molar-refractivity contribution in [2.24, 2.45) is 16.7 Å². The molecule has 0 aliphatic heterocycles. The van der Waals surface area contributed by atoms with E-state index in [4.69, 9.17) is 0 Å². The molecule has 0 saturated heterocycles. The molecule has 0 aliphatic carbocycles. The van der Waals surface area contributed by atoms with Gasteiger partial charge in [0, 0.05) is 18.2 Å². The van der Waals surface area contributed by atoms with Gasteiger partial charge in [-0.25, -0.2) is 0 Å². The molecule has 0 bridgehead atoms. The van der Waals surface area contributed by atoms with Crippen LogP contribution in [0, 0.1) is 16.7 Å². The van der Waals surface area contributed by atoms with Gasteiger partial charge >= 0.3 is 0 Å². The van der Waals surface area contributed by atoms with Crippen molar-refractivity contribution in [3.05, 3.63) is 11.9 Å². The van der Waals surface area contributed by atoms with Crippen LogP contribution in [0.25, 0.3) is 0 Å². The lowest BCUT2D eigenvalue weighted by atomic mass is 9.78. The molecule has 0 radical (unpaired) electrons. The maximum atomic E-state index is 4.40. The number of hydrogen-bond acceptors (Lipinski definition) is 2. The molecular formula is C26H57N3. The first-order valence-electron chi connectivity index (χ1n) is 11.6. The fourth-order valence-corrected chi connectivity index (χ4v) is 2.27. The van der Waals surface area contributed by atoms with Crippen molar-refractivity contribution in [1.82, 2.24) is 15.0 Å². The van der Waals surface area contributed by atoms with Crippen LogP contribution >= 0.6 is 0 Å². The monoisotopic (exact) mass is 411 g/mol. The van der Waals surface area contributed by atoms with Gasteiger partial charge in [0.25, 0.3) is 0 Å². The predicted molar refractivity (Wildman–Crippen MR) is 134 cm³/mol. The summed E-state index contributed by atoms with van der Waals surface area (Å²) in [6.07, 6.45) is 8.27. The van der Waals surface area contributed by atoms with Gasteiger partial charge in [-0.2, -0.15) is 0 Å². The van der Waals surface area contributed by atoms with Crippen molar-refractivity contribution in [3.8, 4) is 0 Å². The molecule has 1 aromatic rings. The summed E-state index contributed by atoms with van der Waals surface area (Å²) in [6, 6.07) is 0. The molecule has 0 aliphatic rings. The van der Waals surface area contributed by atoms with Crippen molar-refractivity contribution in [3.63, 3.8) is 0 Å². The molecule has 0 amide bonds. The molecular weight excluding hydrogens is 354 g/mol. The number of nitrogens with zero attached hydrogens (tertiary/aromatic N) is 3. The normalized spacial score (nSPS) is 11.8. The lowest BCUT2D eigenvalue weighted by molar-refractivity contribution is 0.311. The van der Waals surface area contributed by atoms with E-state index in [1.54, 1.807) is 0 Å². The third-order valence-electron chi connectivity index (χ3n) is 5.22. The second-order valence-corrected chi connectivity index (χ2v) is 11.0. The van der Waals surface area contributed by atoms with Gasteiger partial charge in [-0.05, 0) is 36.0 Å². The maximum absolute atomic E-state index is 4.40. The zero-order valence-corrected chi connectivity index (χ0v) is 21.7. The summed E-state index contributed by atoms with van der Waals surface area (Å²) in [7, 11) is 0. The highest BCUT2D eigenvalue weighted by Crippen LogP contribution is 2.32. The average molecular weight is 412 g/mol. The van der Waals surface area contributed by atoms with Gasteiger partial charge in [0.2, 0.25) is 0 Å². The van der Waals surface area contributed by atoms with Gasteiger partial charge in [0.15, 0.2) is 0 Å². The zero-order valence-electron chi connectivity index (χ0n) is 21.7. The minimum Gasteiger partial charge on any atom is -0.252 e. The molecule has 0 aromatic carbocycles. The van der Waals surface area contributed by atoms with E-state index < -0.39 is 0 Å². The molecule has 1 heterocycles. The SMILES string of the molecule is C.CC.CC(C)(C)CCn1cc(C(C)(C)CCC(C)(C)C)nn1.CCC(C)CC. The van der Waals surface area contributed by atoms with Crippen LogP contribution in [0.3, 0.4) is 0 Å². The van der Waals surface area contributed by atoms with E-state index in [-0.39, 0.29) is 12.8 Å². The van der Waals surface area contributed by atoms with Crippen LogP contribution in [0.2, 0.25) is 0 Å². The Labute approximate surface area is 185 Å². The van der Waals surface area contributed by atoms with Crippen LogP contribution in [0.5, 0.6) is 0 Å². The number of hydrogen-bond donors (Lipinski definition) is 0. The fourth-order valence-electron chi connectivity index (χ4n) is 2.27. The summed E-state index contributed by atoms with van der Waals surface area (Å²) in [4.78, 5) is 0. The highest BCUT2D eigenvalue weighted by Gasteiger charge is 2.26. The maximum Gasteiger partial charge on any atom is 0.0883 e. The Morgan fingerprint density at radius 3 is 1.62 bits per heavy atom. The van der Waals surface area contributed by atoms with Crippen molar-refractivity contribution in [2.75, 3.05) is 0 Å². The Morgan fingerprint density at radius 1 is 0.828 bits per heavy atom. The van der Waals surface area contributed by atoms with Crippen LogP contribution in [0.4, 0.5) is 0 Å². The van der Waals surface area contributed by atoms with Crippen molar-refractivity contribution < 1.29 is 0 Å². The van der Waals surface area contributed by atoms with E-state index in [0.717, 1.165) is 31.0 Å². The quantitative estimate of drug-likeness (QED) is 0.448. The Morgan fingerprint density at radius 2 is 1.28 bits per heavy atom. The van der Waals surface area contributed by atoms with Crippen molar-refractivity contribution in [1.29, 1.82) is 0 Å². The van der Waals surface area contributed by atoms with E-state index in [9.17, 15) is 0 Å². The molecule has 1 rings (SSSR count). The summed E-state index contributed by atoms with van der Waals surface area (Å²) in [6.45, 7) is 29.9. The molecule has 0 spiro atoms. The Hall–Kier alpha value is -0.860. The van der Waals surface area contributed by atoms with E-state index in [2.05, 4.69) is 92.7 Å². The Balaban J connectivity index is -0.000000644. The summed E-state index contributed by atoms with van der Waals surface area (Å²) in [5, 5.41) is 8.70. The smallest absolute Gasteiger partial charge is 0.0883 e. The van der Waals surface area contributed by atoms with E-state index >= 15 is 0 Å². The van der Waals surface area contributed by atoms with E-state index in [1.165, 1.54) is 19.3 Å². The Bertz CT molecular complexity index is 483. The third-order valence-corrected chi connectivity index (χ3v) is 5.22. The molecule has 1 aromatic heterocycles. The summed E-state index contributed by atoms with van der Waals surface area (Å²) < 4.78 is 2.00. The number of aromatic nitrogens is 3. The number of rotatable bonds is 7. The predicted octanol–water partition coefficient (Wildman–Crippen LogP) is 8.92. The fraction of sp³-hybridized carbons (Fsp3) is 0.923. The minimum absolute atomic E-state index is 0. The third kappa shape index (κ3) is 17.7. The first-order valence-corrected chi connectivity index (χ1v) is 11.6. The minimum atomic E-state index is 0. The highest BCUT2D eigenvalue weighted by molar-refractivity contribution is 5.08. The highest BCUT2D eigenvalue weighted by atomic mass is 15.4. The first kappa shape index (κ1) is 32.8. The Kier molecular flexibility index (Phi) is 17.0. The topological polar surface area (TPSA) is 30.7 Å². The van der Waals surface area contributed by atoms with Gasteiger partial charge in [-0.3, -0.25) is 4.68 Å². The second-order valence-electron chi connectivity index (χ2n) is 11.0. The molecule has 3 heteroatoms. The van der Waals surface area contributed by atoms with Gasteiger partial charge in [0.1, 0.15) is 0 Å². The number of aryl methyl sites for hydroxylation is 1. The van der Waals surface area contributed by atoms with Crippen LogP contribution in [0.1, 0.15) is 135 Å². The van der Waals surface area contributed by atoms with Crippen LogP contribution < -0.4 is 0 Å². The van der Waals surface area contributed by atoms with Crippen LogP contribution in [-0.4, -0.2) is 15.0 Å². The lowest BCUT2D eigenvalue weighted by Gasteiger charge is -2.27. The molecule has 29 heavy (non-hydrogen) atoms. The largest absolute Gasteiger partial charge is 0.252 e. The van der Waals surface area contributed by atoms with E-state index in [1.807, 2.05) is 18.5 Å². The second kappa shape index (κ2) is 15.0. The van der Waals surface area contributed by atoms with Crippen LogP contribution in [0.15, 0.2) is 6.20 Å². The standard InChI is InChI=1S/C17H33N3.C6H14.C2H6.CH4/c1-15(2,3)9-10-17(7,8)14-13-20(19-18-14)12-11-16(4,5)6;1-4-6(3)5-2;1-2;/h13H,9-12H2,1-8H3;6H,4-5H2,1-3H3;1-2H3;1H4. The van der Waals surface area contributed by atoms with Gasteiger partial charge in [-0.15, -0.1) is 5.10 Å². The average Bonchev–Trinajstić information content (AvgIpc) is 3.09. The van der Waals surface area contributed by atoms with Crippen molar-refractivity contribution in [2.45, 2.75) is 141 Å². The summed E-state index contributed by atoms with van der Waals surface area (Å²) in [5.74, 6) is 0.935. The van der Waals surface area contributed by atoms with Gasteiger partial charge in [0.05, 0.1) is 5.69 Å². The molecule has 0 unspecified atom stereocenters. The van der Waals surface area contributed by atoms with Gasteiger partial charge < -0.3 is 0 Å². The molecule has 3 nitrogen and oxygen atoms in total. The molecule has 0 atom stereocenters. The van der Waals surface area contributed by atoms with E-state index in [0.29, 0.717) is 10.8 Å². The van der Waals surface area contributed by atoms with Crippen molar-refractivity contribution >= 4 is 0 Å². The van der Waals surface area contributed by atoms with Crippen LogP contribution in [-0.2, 0) is 12.0 Å². The molecule has 176 valence electrons. The summed E-state index contributed by atoms with van der Waals surface area (Å²) in [5.41, 5.74) is 1.94. The summed E-state index contributed by atoms with van der Waals surface area (Å²) >= 11 is 0.